The number of benzene rings is 1. The second-order valence-electron chi connectivity index (χ2n) is 3.35. The van der Waals surface area contributed by atoms with Gasteiger partial charge in [0.2, 0.25) is 0 Å². The summed E-state index contributed by atoms with van der Waals surface area (Å²) in [5.74, 6) is -0.0524. The lowest BCUT2D eigenvalue weighted by Gasteiger charge is -2.03. The molecule has 0 saturated heterocycles. The molecule has 0 aliphatic heterocycles. The van der Waals surface area contributed by atoms with Gasteiger partial charge in [-0.3, -0.25) is 4.79 Å². The highest BCUT2D eigenvalue weighted by molar-refractivity contribution is 7.14. The van der Waals surface area contributed by atoms with Crippen molar-refractivity contribution < 1.29 is 4.79 Å². The average molecular weight is 287 g/mol. The summed E-state index contributed by atoms with van der Waals surface area (Å²) in [6.45, 7) is 1.48. The van der Waals surface area contributed by atoms with Gasteiger partial charge >= 0.3 is 0 Å². The Hall–Kier alpha value is -1.10. The van der Waals surface area contributed by atoms with Crippen molar-refractivity contribution in [2.45, 2.75) is 6.92 Å². The lowest BCUT2D eigenvalue weighted by molar-refractivity contribution is 0.101. The molecule has 0 saturated carbocycles. The number of nitrogens with one attached hydrogen (secondary N) is 1. The Morgan fingerprint density at radius 3 is 2.71 bits per heavy atom. The Morgan fingerprint density at radius 2 is 2.12 bits per heavy atom. The van der Waals surface area contributed by atoms with Crippen LogP contribution in [0.1, 0.15) is 17.4 Å². The summed E-state index contributed by atoms with van der Waals surface area (Å²) in [4.78, 5) is 15.2. The molecule has 1 N–H and O–H groups in total. The van der Waals surface area contributed by atoms with Crippen molar-refractivity contribution in [1.29, 1.82) is 0 Å². The smallest absolute Gasteiger partial charge is 0.187 e. The molecule has 1 aromatic heterocycles. The van der Waals surface area contributed by atoms with Crippen LogP contribution in [0.15, 0.2) is 23.6 Å². The Bertz CT molecular complexity index is 568. The fourth-order valence-electron chi connectivity index (χ4n) is 1.19. The van der Waals surface area contributed by atoms with Crippen molar-refractivity contribution in [2.24, 2.45) is 0 Å². The molecule has 88 valence electrons. The molecule has 0 aliphatic carbocycles. The third-order valence-electron chi connectivity index (χ3n) is 2.04. The highest BCUT2D eigenvalue weighted by Gasteiger charge is 2.06. The number of carbonyl (C=O) groups excluding carboxylic acids is 1. The number of ketones is 1. The molecule has 17 heavy (non-hydrogen) atoms. The van der Waals surface area contributed by atoms with Gasteiger partial charge in [0.05, 0.1) is 10.0 Å². The van der Waals surface area contributed by atoms with E-state index in [-0.39, 0.29) is 5.78 Å². The minimum absolute atomic E-state index is 0.0524. The molecule has 3 nitrogen and oxygen atoms in total. The molecular formula is C11H8Cl2N2OS. The number of anilines is 2. The van der Waals surface area contributed by atoms with Crippen molar-refractivity contribution in [3.05, 3.63) is 39.3 Å². The predicted molar refractivity (Wildman–Crippen MR) is 71.9 cm³/mol. The van der Waals surface area contributed by atoms with E-state index in [2.05, 4.69) is 10.3 Å². The number of hydrogen-bond acceptors (Lipinski definition) is 4. The van der Waals surface area contributed by atoms with E-state index in [1.54, 1.807) is 23.6 Å². The van der Waals surface area contributed by atoms with Crippen LogP contribution in [0, 0.1) is 0 Å². The summed E-state index contributed by atoms with van der Waals surface area (Å²) in [5.41, 5.74) is 1.24. The van der Waals surface area contributed by atoms with E-state index in [4.69, 9.17) is 23.2 Å². The van der Waals surface area contributed by atoms with Gasteiger partial charge in [0.1, 0.15) is 5.69 Å². The first-order valence-electron chi connectivity index (χ1n) is 4.75. The molecule has 0 amide bonds. The Kier molecular flexibility index (Phi) is 3.66. The van der Waals surface area contributed by atoms with E-state index in [0.29, 0.717) is 20.9 Å². The van der Waals surface area contributed by atoms with Gasteiger partial charge in [-0.25, -0.2) is 4.98 Å². The van der Waals surface area contributed by atoms with Crippen LogP contribution >= 0.6 is 34.5 Å². The molecule has 0 unspecified atom stereocenters. The second-order valence-corrected chi connectivity index (χ2v) is 5.02. The van der Waals surface area contributed by atoms with Crippen LogP contribution in [-0.2, 0) is 0 Å². The van der Waals surface area contributed by atoms with E-state index < -0.39 is 0 Å². The van der Waals surface area contributed by atoms with E-state index >= 15 is 0 Å². The molecule has 0 atom stereocenters. The summed E-state index contributed by atoms with van der Waals surface area (Å²) in [5, 5.41) is 6.39. The van der Waals surface area contributed by atoms with Crippen molar-refractivity contribution in [3.8, 4) is 0 Å². The highest BCUT2D eigenvalue weighted by atomic mass is 35.5. The zero-order chi connectivity index (χ0) is 12.4. The molecule has 0 fully saturated rings. The maximum atomic E-state index is 11.1. The molecular weight excluding hydrogens is 279 g/mol. The lowest BCUT2D eigenvalue weighted by atomic mass is 10.3. The first-order valence-corrected chi connectivity index (χ1v) is 6.38. The van der Waals surface area contributed by atoms with E-state index in [0.717, 1.165) is 5.69 Å². The lowest BCUT2D eigenvalue weighted by Crippen LogP contribution is -1.94. The van der Waals surface area contributed by atoms with Crippen LogP contribution in [0.3, 0.4) is 0 Å². The molecule has 1 aromatic carbocycles. The fourth-order valence-corrected chi connectivity index (χ4v) is 2.26. The van der Waals surface area contributed by atoms with Gasteiger partial charge in [0.15, 0.2) is 10.9 Å². The number of rotatable bonds is 3. The maximum Gasteiger partial charge on any atom is 0.187 e. The summed E-state index contributed by atoms with van der Waals surface area (Å²) < 4.78 is 0. The number of carbonyl (C=O) groups is 1. The van der Waals surface area contributed by atoms with Crippen LogP contribution in [0.25, 0.3) is 0 Å². The van der Waals surface area contributed by atoms with Gasteiger partial charge < -0.3 is 5.32 Å². The Morgan fingerprint density at radius 1 is 1.35 bits per heavy atom. The first kappa shape index (κ1) is 12.4. The van der Waals surface area contributed by atoms with Crippen LogP contribution in [-0.4, -0.2) is 10.8 Å². The topological polar surface area (TPSA) is 42.0 Å². The SMILES string of the molecule is CC(=O)c1csc(Nc2ccc(Cl)c(Cl)c2)n1. The zero-order valence-electron chi connectivity index (χ0n) is 8.83. The third kappa shape index (κ3) is 2.97. The second kappa shape index (κ2) is 5.04. The van der Waals surface area contributed by atoms with Gasteiger partial charge in [-0.1, -0.05) is 23.2 Å². The summed E-state index contributed by atoms with van der Waals surface area (Å²) in [7, 11) is 0. The molecule has 1 heterocycles. The highest BCUT2D eigenvalue weighted by Crippen LogP contribution is 2.28. The van der Waals surface area contributed by atoms with Gasteiger partial charge in [0, 0.05) is 18.0 Å². The molecule has 0 radical (unpaired) electrons. The van der Waals surface area contributed by atoms with Crippen LogP contribution in [0.4, 0.5) is 10.8 Å². The number of thiazole rings is 1. The van der Waals surface area contributed by atoms with Crippen molar-refractivity contribution in [3.63, 3.8) is 0 Å². The largest absolute Gasteiger partial charge is 0.331 e. The van der Waals surface area contributed by atoms with Crippen molar-refractivity contribution >= 4 is 51.1 Å². The average Bonchev–Trinajstić information content (AvgIpc) is 2.72. The zero-order valence-corrected chi connectivity index (χ0v) is 11.2. The molecule has 2 aromatic rings. The van der Waals surface area contributed by atoms with Crippen LogP contribution < -0.4 is 5.32 Å². The minimum atomic E-state index is -0.0524. The molecule has 0 spiro atoms. The third-order valence-corrected chi connectivity index (χ3v) is 3.53. The minimum Gasteiger partial charge on any atom is -0.331 e. The molecule has 0 bridgehead atoms. The Labute approximate surface area is 112 Å². The normalized spacial score (nSPS) is 10.3. The van der Waals surface area contributed by atoms with Crippen molar-refractivity contribution in [2.75, 3.05) is 5.32 Å². The quantitative estimate of drug-likeness (QED) is 0.851. The van der Waals surface area contributed by atoms with Crippen LogP contribution in [0.5, 0.6) is 0 Å². The number of hydrogen-bond donors (Lipinski definition) is 1. The summed E-state index contributed by atoms with van der Waals surface area (Å²) in [6, 6.07) is 5.20. The summed E-state index contributed by atoms with van der Waals surface area (Å²) >= 11 is 13.1. The van der Waals surface area contributed by atoms with Crippen molar-refractivity contribution in [1.82, 2.24) is 4.98 Å². The standard InChI is InChI=1S/C11H8Cl2N2OS/c1-6(16)10-5-17-11(15-10)14-7-2-3-8(12)9(13)4-7/h2-5H,1H3,(H,14,15). The van der Waals surface area contributed by atoms with Gasteiger partial charge in [-0.15, -0.1) is 11.3 Å². The van der Waals surface area contributed by atoms with E-state index in [9.17, 15) is 4.79 Å². The molecule has 2 rings (SSSR count). The Balaban J connectivity index is 2.19. The van der Waals surface area contributed by atoms with Gasteiger partial charge in [-0.05, 0) is 18.2 Å². The fraction of sp³-hybridized carbons (Fsp3) is 0.0909. The molecule has 6 heteroatoms. The monoisotopic (exact) mass is 286 g/mol. The number of halogens is 2. The molecule has 0 aliphatic rings. The van der Waals surface area contributed by atoms with E-state index in [1.807, 2.05) is 0 Å². The maximum absolute atomic E-state index is 11.1. The van der Waals surface area contributed by atoms with Gasteiger partial charge in [-0.2, -0.15) is 0 Å². The predicted octanol–water partition coefficient (Wildman–Crippen LogP) is 4.40. The summed E-state index contributed by atoms with van der Waals surface area (Å²) in [6.07, 6.45) is 0. The van der Waals surface area contributed by atoms with Crippen LogP contribution in [0.2, 0.25) is 10.0 Å². The first-order chi connectivity index (χ1) is 8.06. The van der Waals surface area contributed by atoms with E-state index in [1.165, 1.54) is 18.3 Å². The number of nitrogens with zero attached hydrogens (tertiary/aromatic N) is 1. The number of aromatic nitrogens is 1. The number of Topliss-reactive ketones (excluding diaryl/α,β-unsaturated/α-hetero) is 1. The van der Waals surface area contributed by atoms with Gasteiger partial charge in [0.25, 0.3) is 0 Å².